The van der Waals surface area contributed by atoms with Crippen molar-refractivity contribution in [3.8, 4) is 0 Å². The van der Waals surface area contributed by atoms with Crippen molar-refractivity contribution in [3.05, 3.63) is 72.8 Å². The first-order valence-electron chi connectivity index (χ1n) is 14.4. The lowest BCUT2D eigenvalue weighted by molar-refractivity contribution is -0.307. The molecule has 2 aliphatic rings. The quantitative estimate of drug-likeness (QED) is 0.371. The van der Waals surface area contributed by atoms with E-state index in [4.69, 9.17) is 0 Å². The molecule has 4 heterocycles. The number of allylic oxidation sites excluding steroid dienone is 3. The first-order chi connectivity index (χ1) is 20.4. The molecule has 2 aromatic rings. The molecule has 0 saturated carbocycles. The molecular formula is C33H36N4O6-2. The second-order valence-electron chi connectivity index (χ2n) is 10.9. The molecule has 226 valence electrons. The van der Waals surface area contributed by atoms with Crippen LogP contribution in [-0.4, -0.2) is 39.4 Å². The van der Waals surface area contributed by atoms with Crippen molar-refractivity contribution in [1.82, 2.24) is 15.3 Å². The lowest BCUT2D eigenvalue weighted by atomic mass is 10.00. The minimum atomic E-state index is -1.18. The summed E-state index contributed by atoms with van der Waals surface area (Å²) < 4.78 is 0. The van der Waals surface area contributed by atoms with E-state index in [2.05, 4.69) is 20.3 Å². The zero-order chi connectivity index (χ0) is 31.6. The van der Waals surface area contributed by atoms with Gasteiger partial charge in [0.2, 0.25) is 5.91 Å². The van der Waals surface area contributed by atoms with Gasteiger partial charge in [0.1, 0.15) is 0 Å². The van der Waals surface area contributed by atoms with Crippen molar-refractivity contribution >= 4 is 47.7 Å². The van der Waals surface area contributed by atoms with E-state index in [0.717, 1.165) is 33.4 Å². The summed E-state index contributed by atoms with van der Waals surface area (Å²) in [5.41, 5.74) is 8.06. The number of carbonyl (C=O) groups excluding carboxylic acids is 4. The summed E-state index contributed by atoms with van der Waals surface area (Å²) in [7, 11) is 0. The Morgan fingerprint density at radius 2 is 1.53 bits per heavy atom. The van der Waals surface area contributed by atoms with E-state index in [1.165, 1.54) is 0 Å². The van der Waals surface area contributed by atoms with E-state index in [1.807, 2.05) is 59.8 Å². The van der Waals surface area contributed by atoms with Gasteiger partial charge >= 0.3 is 0 Å². The van der Waals surface area contributed by atoms with Gasteiger partial charge in [-0.3, -0.25) is 9.59 Å². The molecule has 2 aromatic heterocycles. The number of carboxylic acid groups (broad SMARTS) is 2. The van der Waals surface area contributed by atoms with E-state index in [1.54, 1.807) is 6.08 Å². The van der Waals surface area contributed by atoms with Crippen molar-refractivity contribution in [2.45, 2.75) is 73.6 Å². The minimum Gasteiger partial charge on any atom is -0.550 e. The van der Waals surface area contributed by atoms with E-state index in [-0.39, 0.29) is 43.4 Å². The average molecular weight is 585 g/mol. The average Bonchev–Trinajstić information content (AvgIpc) is 3.59. The van der Waals surface area contributed by atoms with Gasteiger partial charge in [0.15, 0.2) is 0 Å². The molecule has 1 fully saturated rings. The maximum Gasteiger partial charge on any atom is 0.273 e. The molecule has 0 bridgehead atoms. The molecule has 4 rings (SSSR count). The number of hydrogen-bond acceptors (Lipinski definition) is 6. The van der Waals surface area contributed by atoms with Crippen molar-refractivity contribution in [1.29, 1.82) is 0 Å². The van der Waals surface area contributed by atoms with Gasteiger partial charge in [-0.25, -0.2) is 4.99 Å². The van der Waals surface area contributed by atoms with Crippen LogP contribution in [0.25, 0.3) is 18.2 Å². The summed E-state index contributed by atoms with van der Waals surface area (Å²) >= 11 is 0. The zero-order valence-corrected chi connectivity index (χ0v) is 25.3. The molecule has 0 aromatic carbocycles. The predicted octanol–water partition coefficient (Wildman–Crippen LogP) is 0.695. The Morgan fingerprint density at radius 3 is 2.12 bits per heavy atom. The molecule has 2 aliphatic heterocycles. The Kier molecular flexibility index (Phi) is 9.18. The Hall–Kier alpha value is -4.73. The van der Waals surface area contributed by atoms with Crippen LogP contribution in [0.5, 0.6) is 0 Å². The van der Waals surface area contributed by atoms with Gasteiger partial charge in [-0.05, 0) is 118 Å². The molecule has 43 heavy (non-hydrogen) atoms. The van der Waals surface area contributed by atoms with Gasteiger partial charge < -0.3 is 35.1 Å². The third-order valence-electron chi connectivity index (χ3n) is 8.33. The standard InChI is InChI=1S/C33H38N4O6/c1-7-20-19(6)32(42)37-27(20)14-25-18(5)23(10-12-31(40)41)29(35-25)15-28-22(9-11-30(38)39)17(4)24(34-28)13-26-16(3)21(8-2)33(43)36-26/h7,13-15,19,34-35H,8-12H2,1-6H3,(H,37,42)(H,38,39)(H,40,41)/p-2/b20-7?,24-13-,27-14-,28-15-/t19-/m1/s1. The van der Waals surface area contributed by atoms with Crippen LogP contribution < -0.4 is 26.2 Å². The monoisotopic (exact) mass is 584 g/mol. The lowest BCUT2D eigenvalue weighted by Crippen LogP contribution is -2.23. The largest absolute Gasteiger partial charge is 0.550 e. The molecule has 10 heteroatoms. The van der Waals surface area contributed by atoms with E-state index >= 15 is 0 Å². The third-order valence-corrected chi connectivity index (χ3v) is 8.33. The number of hydrogen-bond donors (Lipinski definition) is 3. The lowest BCUT2D eigenvalue weighted by Gasteiger charge is -2.05. The number of H-pyrrole nitrogens is 2. The number of aliphatic imine (C=N–C) groups is 1. The number of amides is 2. The number of carbonyl (C=O) groups is 4. The van der Waals surface area contributed by atoms with Gasteiger partial charge in [-0.15, -0.1) is 0 Å². The topological polar surface area (TPSA) is 170 Å². The normalized spacial score (nSPS) is 19.8. The van der Waals surface area contributed by atoms with Gasteiger partial charge in [0, 0.05) is 45.3 Å². The number of nitrogens with zero attached hydrogens (tertiary/aromatic N) is 1. The summed E-state index contributed by atoms with van der Waals surface area (Å²) in [6.45, 7) is 11.2. The molecule has 1 atom stereocenters. The van der Waals surface area contributed by atoms with Gasteiger partial charge in [-0.1, -0.05) is 13.0 Å². The highest BCUT2D eigenvalue weighted by Crippen LogP contribution is 2.29. The molecule has 0 radical (unpaired) electrons. The van der Waals surface area contributed by atoms with Crippen LogP contribution in [0.15, 0.2) is 33.5 Å². The first-order valence-corrected chi connectivity index (χ1v) is 14.4. The Morgan fingerprint density at radius 1 is 0.884 bits per heavy atom. The van der Waals surface area contributed by atoms with Gasteiger partial charge in [0.05, 0.1) is 11.6 Å². The fourth-order valence-electron chi connectivity index (χ4n) is 5.76. The molecule has 2 amide bonds. The number of aromatic amines is 2. The van der Waals surface area contributed by atoms with Gasteiger partial charge in [-0.2, -0.15) is 0 Å². The Balaban J connectivity index is 1.91. The van der Waals surface area contributed by atoms with Crippen LogP contribution in [0, 0.1) is 19.8 Å². The summed E-state index contributed by atoms with van der Waals surface area (Å²) in [4.78, 5) is 58.4. The number of nitrogens with one attached hydrogen (secondary N) is 3. The van der Waals surface area contributed by atoms with Crippen molar-refractivity contribution < 1.29 is 29.4 Å². The van der Waals surface area contributed by atoms with Crippen LogP contribution >= 0.6 is 0 Å². The van der Waals surface area contributed by atoms with Crippen molar-refractivity contribution in [2.24, 2.45) is 10.9 Å². The SMILES string of the molecule is CC=C1/C(=C/c2[nH]c(/C=c3\[nH]/c(=C\C4=NC(=O)C(CC)=C4C)c(C)c3CCC(=O)[O-])c(CCC(=O)[O-])c2C)NC(=O)[C@@H]1C. The second kappa shape index (κ2) is 12.6. The molecule has 1 saturated heterocycles. The van der Waals surface area contributed by atoms with E-state index in [9.17, 15) is 29.4 Å². The molecule has 0 unspecified atom stereocenters. The first kappa shape index (κ1) is 31.2. The van der Waals surface area contributed by atoms with Crippen LogP contribution in [0.4, 0.5) is 0 Å². The Bertz CT molecular complexity index is 1780. The Labute approximate surface area is 249 Å². The highest BCUT2D eigenvalue weighted by molar-refractivity contribution is 6.30. The third kappa shape index (κ3) is 6.38. The number of rotatable bonds is 10. The fraction of sp³-hybridized carbons (Fsp3) is 0.364. The molecule has 0 spiro atoms. The molecule has 3 N–H and O–H groups in total. The molecular weight excluding hydrogens is 548 g/mol. The summed E-state index contributed by atoms with van der Waals surface area (Å²) in [6, 6.07) is 0. The predicted molar refractivity (Wildman–Crippen MR) is 159 cm³/mol. The van der Waals surface area contributed by atoms with E-state index < -0.39 is 11.9 Å². The highest BCUT2D eigenvalue weighted by atomic mass is 16.4. The fourth-order valence-corrected chi connectivity index (χ4v) is 5.76. The highest BCUT2D eigenvalue weighted by Gasteiger charge is 2.29. The zero-order valence-electron chi connectivity index (χ0n) is 25.3. The molecule has 10 nitrogen and oxygen atoms in total. The molecule has 0 aliphatic carbocycles. The maximum atomic E-state index is 12.3. The smallest absolute Gasteiger partial charge is 0.273 e. The van der Waals surface area contributed by atoms with Crippen LogP contribution in [0.2, 0.25) is 0 Å². The van der Waals surface area contributed by atoms with Crippen LogP contribution in [0.1, 0.15) is 80.6 Å². The van der Waals surface area contributed by atoms with E-state index in [0.29, 0.717) is 45.5 Å². The van der Waals surface area contributed by atoms with Crippen LogP contribution in [0.3, 0.4) is 0 Å². The summed E-state index contributed by atoms with van der Waals surface area (Å²) in [5, 5.41) is 27.0. The summed E-state index contributed by atoms with van der Waals surface area (Å²) in [5.74, 6) is -3.00. The number of aromatic nitrogens is 2. The minimum absolute atomic E-state index is 0.0968. The number of carboxylic acids is 2. The van der Waals surface area contributed by atoms with Crippen molar-refractivity contribution in [2.75, 3.05) is 0 Å². The van der Waals surface area contributed by atoms with Crippen molar-refractivity contribution in [3.63, 3.8) is 0 Å². The van der Waals surface area contributed by atoms with Crippen LogP contribution in [-0.2, 0) is 32.0 Å². The number of aliphatic carboxylic acids is 2. The maximum absolute atomic E-state index is 12.3. The second-order valence-corrected chi connectivity index (χ2v) is 10.9. The van der Waals surface area contributed by atoms with Gasteiger partial charge in [0.25, 0.3) is 5.91 Å². The summed E-state index contributed by atoms with van der Waals surface area (Å²) in [6.07, 6.45) is 7.95.